The van der Waals surface area contributed by atoms with Gasteiger partial charge in [-0.2, -0.15) is 0 Å². The highest BCUT2D eigenvalue weighted by molar-refractivity contribution is 9.10. The zero-order valence-corrected chi connectivity index (χ0v) is 12.2. The van der Waals surface area contributed by atoms with E-state index in [4.69, 9.17) is 9.15 Å². The first-order valence-corrected chi connectivity index (χ1v) is 6.76. The summed E-state index contributed by atoms with van der Waals surface area (Å²) in [7, 11) is 0. The molecule has 2 aromatic rings. The van der Waals surface area contributed by atoms with Gasteiger partial charge in [0.05, 0.1) is 0 Å². The van der Waals surface area contributed by atoms with Crippen molar-refractivity contribution in [2.24, 2.45) is 4.99 Å². The zero-order valence-electron chi connectivity index (χ0n) is 10.6. The molecule has 1 aromatic heterocycles. The molecule has 4 nitrogen and oxygen atoms in total. The van der Waals surface area contributed by atoms with Crippen LogP contribution in [0.2, 0.25) is 0 Å². The van der Waals surface area contributed by atoms with E-state index in [9.17, 15) is 4.79 Å². The van der Waals surface area contributed by atoms with Crippen molar-refractivity contribution in [2.75, 3.05) is 0 Å². The van der Waals surface area contributed by atoms with E-state index in [-0.39, 0.29) is 5.70 Å². The SMILES string of the molecule is Cc1ccc(C=C2N=C(c3ccc(Br)cc3)OC2=O)o1. The molecule has 1 aliphatic rings. The second-order valence-corrected chi connectivity index (χ2v) is 5.21. The summed E-state index contributed by atoms with van der Waals surface area (Å²) in [5.74, 6) is 1.18. The molecule has 0 atom stereocenters. The third-order valence-corrected chi connectivity index (χ3v) is 3.28. The quantitative estimate of drug-likeness (QED) is 0.622. The standard InChI is InChI=1S/C15H10BrNO3/c1-9-2-7-12(19-9)8-13-15(18)20-14(17-13)10-3-5-11(16)6-4-10/h2-8H,1H3. The van der Waals surface area contributed by atoms with Crippen LogP contribution in [0.3, 0.4) is 0 Å². The molecule has 1 aromatic carbocycles. The Balaban J connectivity index is 1.92. The Bertz CT molecular complexity index is 726. The molecule has 3 rings (SSSR count). The summed E-state index contributed by atoms with van der Waals surface area (Å²) >= 11 is 3.35. The molecule has 0 bridgehead atoms. The molecule has 100 valence electrons. The van der Waals surface area contributed by atoms with E-state index in [2.05, 4.69) is 20.9 Å². The van der Waals surface area contributed by atoms with Crippen molar-refractivity contribution in [1.82, 2.24) is 0 Å². The number of benzene rings is 1. The predicted molar refractivity (Wildman–Crippen MR) is 78.2 cm³/mol. The number of ether oxygens (including phenoxy) is 1. The van der Waals surface area contributed by atoms with Crippen LogP contribution >= 0.6 is 15.9 Å². The Hall–Kier alpha value is -2.14. The van der Waals surface area contributed by atoms with Gasteiger partial charge >= 0.3 is 5.97 Å². The van der Waals surface area contributed by atoms with Crippen molar-refractivity contribution in [3.8, 4) is 0 Å². The molecule has 0 fully saturated rings. The minimum atomic E-state index is -0.475. The molecule has 2 heterocycles. The Morgan fingerprint density at radius 1 is 1.15 bits per heavy atom. The number of halogens is 1. The van der Waals surface area contributed by atoms with Gasteiger partial charge < -0.3 is 9.15 Å². The topological polar surface area (TPSA) is 51.8 Å². The van der Waals surface area contributed by atoms with Gasteiger partial charge in [0.2, 0.25) is 5.90 Å². The second-order valence-electron chi connectivity index (χ2n) is 4.29. The van der Waals surface area contributed by atoms with E-state index in [1.165, 1.54) is 0 Å². The van der Waals surface area contributed by atoms with Crippen molar-refractivity contribution in [3.63, 3.8) is 0 Å². The summed E-state index contributed by atoms with van der Waals surface area (Å²) in [5, 5.41) is 0. The molecule has 0 aliphatic carbocycles. The molecular weight excluding hydrogens is 322 g/mol. The van der Waals surface area contributed by atoms with Crippen LogP contribution in [-0.2, 0) is 9.53 Å². The van der Waals surface area contributed by atoms with Crippen molar-refractivity contribution < 1.29 is 13.9 Å². The number of cyclic esters (lactones) is 1. The number of carbonyl (C=O) groups is 1. The molecule has 20 heavy (non-hydrogen) atoms. The van der Waals surface area contributed by atoms with Gasteiger partial charge in [-0.1, -0.05) is 15.9 Å². The van der Waals surface area contributed by atoms with Gasteiger partial charge in [-0.25, -0.2) is 9.79 Å². The van der Waals surface area contributed by atoms with Crippen LogP contribution < -0.4 is 0 Å². The van der Waals surface area contributed by atoms with Gasteiger partial charge in [0.1, 0.15) is 11.5 Å². The lowest BCUT2D eigenvalue weighted by molar-refractivity contribution is -0.129. The fourth-order valence-electron chi connectivity index (χ4n) is 1.79. The molecule has 1 aliphatic heterocycles. The van der Waals surface area contributed by atoms with E-state index in [1.807, 2.05) is 37.3 Å². The molecule has 0 unspecified atom stereocenters. The Morgan fingerprint density at radius 2 is 1.90 bits per heavy atom. The number of aliphatic imine (C=N–C) groups is 1. The number of hydrogen-bond acceptors (Lipinski definition) is 4. The van der Waals surface area contributed by atoms with Gasteiger partial charge in [-0.3, -0.25) is 0 Å². The average molecular weight is 332 g/mol. The fraction of sp³-hybridized carbons (Fsp3) is 0.0667. The Morgan fingerprint density at radius 3 is 2.55 bits per heavy atom. The second kappa shape index (κ2) is 5.09. The average Bonchev–Trinajstić information content (AvgIpc) is 2.98. The van der Waals surface area contributed by atoms with Crippen LogP contribution in [0.1, 0.15) is 17.1 Å². The molecule has 0 saturated carbocycles. The number of aryl methyl sites for hydroxylation is 1. The van der Waals surface area contributed by atoms with E-state index < -0.39 is 5.97 Å². The van der Waals surface area contributed by atoms with Crippen LogP contribution in [0.5, 0.6) is 0 Å². The zero-order chi connectivity index (χ0) is 14.1. The molecule has 0 N–H and O–H groups in total. The van der Waals surface area contributed by atoms with Gasteiger partial charge in [-0.05, 0) is 43.3 Å². The molecule has 0 amide bonds. The first-order chi connectivity index (χ1) is 9.61. The Kier molecular flexibility index (Phi) is 3.28. The normalized spacial score (nSPS) is 16.4. The van der Waals surface area contributed by atoms with Crippen molar-refractivity contribution in [1.29, 1.82) is 0 Å². The van der Waals surface area contributed by atoms with E-state index in [0.29, 0.717) is 11.7 Å². The summed E-state index contributed by atoms with van der Waals surface area (Å²) in [4.78, 5) is 16.0. The molecular formula is C15H10BrNO3. The highest BCUT2D eigenvalue weighted by Crippen LogP contribution is 2.21. The number of rotatable bonds is 2. The lowest BCUT2D eigenvalue weighted by Gasteiger charge is -1.98. The summed E-state index contributed by atoms with van der Waals surface area (Å²) in [6.45, 7) is 1.84. The van der Waals surface area contributed by atoms with Gasteiger partial charge in [0.15, 0.2) is 5.70 Å². The lowest BCUT2D eigenvalue weighted by atomic mass is 10.2. The van der Waals surface area contributed by atoms with Crippen LogP contribution in [0.15, 0.2) is 56.0 Å². The van der Waals surface area contributed by atoms with Crippen LogP contribution in [0, 0.1) is 6.92 Å². The van der Waals surface area contributed by atoms with Crippen LogP contribution in [0.4, 0.5) is 0 Å². The highest BCUT2D eigenvalue weighted by atomic mass is 79.9. The molecule has 0 saturated heterocycles. The summed E-state index contributed by atoms with van der Waals surface area (Å²) in [6, 6.07) is 11.0. The van der Waals surface area contributed by atoms with E-state index >= 15 is 0 Å². The summed E-state index contributed by atoms with van der Waals surface area (Å²) in [5.41, 5.74) is 0.984. The van der Waals surface area contributed by atoms with Crippen molar-refractivity contribution in [3.05, 3.63) is 63.7 Å². The monoisotopic (exact) mass is 331 g/mol. The maximum atomic E-state index is 11.8. The molecule has 0 radical (unpaired) electrons. The van der Waals surface area contributed by atoms with Crippen molar-refractivity contribution in [2.45, 2.75) is 6.92 Å². The maximum absolute atomic E-state index is 11.8. The minimum Gasteiger partial charge on any atom is -0.462 e. The van der Waals surface area contributed by atoms with Gasteiger partial charge in [0, 0.05) is 16.1 Å². The largest absolute Gasteiger partial charge is 0.462 e. The highest BCUT2D eigenvalue weighted by Gasteiger charge is 2.24. The fourth-order valence-corrected chi connectivity index (χ4v) is 2.06. The summed E-state index contributed by atoms with van der Waals surface area (Å²) < 4.78 is 11.5. The summed E-state index contributed by atoms with van der Waals surface area (Å²) in [6.07, 6.45) is 1.57. The number of furan rings is 1. The molecule has 0 spiro atoms. The number of carbonyl (C=O) groups excluding carboxylic acids is 1. The first kappa shape index (κ1) is 12.9. The first-order valence-electron chi connectivity index (χ1n) is 5.97. The number of nitrogens with zero attached hydrogens (tertiary/aromatic N) is 1. The van der Waals surface area contributed by atoms with E-state index in [0.717, 1.165) is 15.8 Å². The Labute approximate surface area is 123 Å². The van der Waals surface area contributed by atoms with E-state index in [1.54, 1.807) is 12.1 Å². The smallest absolute Gasteiger partial charge is 0.363 e. The third kappa shape index (κ3) is 2.58. The third-order valence-electron chi connectivity index (χ3n) is 2.75. The van der Waals surface area contributed by atoms with Gasteiger partial charge in [0.25, 0.3) is 0 Å². The van der Waals surface area contributed by atoms with Crippen LogP contribution in [-0.4, -0.2) is 11.9 Å². The lowest BCUT2D eigenvalue weighted by Crippen LogP contribution is -2.05. The van der Waals surface area contributed by atoms with Gasteiger partial charge in [-0.15, -0.1) is 0 Å². The number of esters is 1. The predicted octanol–water partition coefficient (Wildman–Crippen LogP) is 3.70. The number of hydrogen-bond donors (Lipinski definition) is 0. The maximum Gasteiger partial charge on any atom is 0.363 e. The van der Waals surface area contributed by atoms with Crippen molar-refractivity contribution >= 4 is 33.9 Å². The molecule has 5 heteroatoms. The minimum absolute atomic E-state index is 0.234. The van der Waals surface area contributed by atoms with Crippen LogP contribution in [0.25, 0.3) is 6.08 Å².